The van der Waals surface area contributed by atoms with Crippen molar-refractivity contribution >= 4 is 33.4 Å². The zero-order valence-electron chi connectivity index (χ0n) is 11.4. The fourth-order valence-electron chi connectivity index (χ4n) is 1.67. The fraction of sp³-hybridized carbons (Fsp3) is 0.286. The third-order valence-electron chi connectivity index (χ3n) is 2.72. The number of benzene rings is 1. The molecule has 0 aliphatic heterocycles. The maximum absolute atomic E-state index is 13.1. The third-order valence-corrected chi connectivity index (χ3v) is 3.30. The van der Waals surface area contributed by atoms with Gasteiger partial charge in [-0.05, 0) is 53.0 Å². The fourth-order valence-corrected chi connectivity index (χ4v) is 1.96. The molecule has 1 aromatic carbocycles. The van der Waals surface area contributed by atoms with Crippen LogP contribution in [0.5, 0.6) is 0 Å². The molecule has 1 aromatic heterocycles. The number of anilines is 3. The number of aromatic nitrogens is 2. The summed E-state index contributed by atoms with van der Waals surface area (Å²) < 4.78 is 13.8. The molecule has 0 aliphatic carbocycles. The van der Waals surface area contributed by atoms with E-state index in [0.29, 0.717) is 11.8 Å². The van der Waals surface area contributed by atoms with Crippen LogP contribution < -0.4 is 10.6 Å². The molecule has 0 unspecified atom stereocenters. The van der Waals surface area contributed by atoms with E-state index in [1.165, 1.54) is 12.1 Å². The van der Waals surface area contributed by atoms with E-state index < -0.39 is 0 Å². The normalized spacial score (nSPS) is 10.4. The van der Waals surface area contributed by atoms with Gasteiger partial charge in [-0.2, -0.15) is 4.98 Å². The minimum absolute atomic E-state index is 0.250. The van der Waals surface area contributed by atoms with E-state index in [0.717, 1.165) is 28.7 Å². The van der Waals surface area contributed by atoms with Crippen molar-refractivity contribution in [3.63, 3.8) is 0 Å². The van der Waals surface area contributed by atoms with Crippen LogP contribution in [0.3, 0.4) is 0 Å². The van der Waals surface area contributed by atoms with E-state index in [4.69, 9.17) is 0 Å². The Kier molecular flexibility index (Phi) is 4.89. The zero-order chi connectivity index (χ0) is 14.5. The summed E-state index contributed by atoms with van der Waals surface area (Å²) in [4.78, 5) is 8.58. The minimum atomic E-state index is -0.250. The van der Waals surface area contributed by atoms with Crippen molar-refractivity contribution < 1.29 is 4.39 Å². The molecule has 0 spiro atoms. The van der Waals surface area contributed by atoms with E-state index in [9.17, 15) is 4.39 Å². The van der Waals surface area contributed by atoms with Crippen molar-refractivity contribution in [2.24, 2.45) is 0 Å². The zero-order valence-corrected chi connectivity index (χ0v) is 13.0. The van der Waals surface area contributed by atoms with Gasteiger partial charge in [0.15, 0.2) is 0 Å². The number of halogens is 2. The number of nitrogens with zero attached hydrogens (tertiary/aromatic N) is 2. The summed E-state index contributed by atoms with van der Waals surface area (Å²) in [6.45, 7) is 4.74. The molecule has 0 fully saturated rings. The summed E-state index contributed by atoms with van der Waals surface area (Å²) in [6.07, 6.45) is 2.69. The lowest BCUT2D eigenvalue weighted by atomic mass is 10.2. The van der Waals surface area contributed by atoms with E-state index in [1.54, 1.807) is 12.3 Å². The van der Waals surface area contributed by atoms with Crippen LogP contribution in [-0.4, -0.2) is 16.5 Å². The lowest BCUT2D eigenvalue weighted by molar-refractivity contribution is 0.627. The lowest BCUT2D eigenvalue weighted by Crippen LogP contribution is -2.06. The standard InChI is InChI=1S/C14H16BrFN4/c1-3-6-17-14-18-8-11(15)13(20-14)19-12-5-4-10(16)7-9(12)2/h4-5,7-8H,3,6H2,1-2H3,(H2,17,18,19,20). The molecule has 6 heteroatoms. The molecule has 0 bridgehead atoms. The molecular weight excluding hydrogens is 323 g/mol. The molecule has 0 amide bonds. The van der Waals surface area contributed by atoms with Crippen molar-refractivity contribution in [1.82, 2.24) is 9.97 Å². The van der Waals surface area contributed by atoms with Crippen molar-refractivity contribution in [2.75, 3.05) is 17.2 Å². The topological polar surface area (TPSA) is 49.8 Å². The van der Waals surface area contributed by atoms with Gasteiger partial charge < -0.3 is 10.6 Å². The van der Waals surface area contributed by atoms with Gasteiger partial charge >= 0.3 is 0 Å². The maximum atomic E-state index is 13.1. The summed E-state index contributed by atoms with van der Waals surface area (Å²) in [5.41, 5.74) is 1.63. The number of nitrogens with one attached hydrogen (secondary N) is 2. The van der Waals surface area contributed by atoms with Gasteiger partial charge in [0.25, 0.3) is 0 Å². The Morgan fingerprint density at radius 3 is 2.85 bits per heavy atom. The summed E-state index contributed by atoms with van der Waals surface area (Å²) in [5.74, 6) is 0.964. The highest BCUT2D eigenvalue weighted by Crippen LogP contribution is 2.26. The van der Waals surface area contributed by atoms with E-state index in [2.05, 4.69) is 43.5 Å². The van der Waals surface area contributed by atoms with Gasteiger partial charge in [0, 0.05) is 18.4 Å². The van der Waals surface area contributed by atoms with Crippen molar-refractivity contribution in [3.8, 4) is 0 Å². The van der Waals surface area contributed by atoms with E-state index in [1.807, 2.05) is 6.92 Å². The number of rotatable bonds is 5. The maximum Gasteiger partial charge on any atom is 0.224 e. The Bertz CT molecular complexity index is 604. The van der Waals surface area contributed by atoms with Crippen LogP contribution in [0.15, 0.2) is 28.9 Å². The van der Waals surface area contributed by atoms with Gasteiger partial charge in [-0.25, -0.2) is 9.37 Å². The second-order valence-corrected chi connectivity index (χ2v) is 5.26. The predicted octanol–water partition coefficient (Wildman–Crippen LogP) is 4.25. The third kappa shape index (κ3) is 3.66. The summed E-state index contributed by atoms with van der Waals surface area (Å²) in [7, 11) is 0. The van der Waals surface area contributed by atoms with Crippen molar-refractivity contribution in [2.45, 2.75) is 20.3 Å². The highest BCUT2D eigenvalue weighted by Gasteiger charge is 2.07. The average molecular weight is 339 g/mol. The molecule has 1 heterocycles. The molecule has 2 N–H and O–H groups in total. The highest BCUT2D eigenvalue weighted by atomic mass is 79.9. The van der Waals surface area contributed by atoms with E-state index in [-0.39, 0.29) is 5.82 Å². The lowest BCUT2D eigenvalue weighted by Gasteiger charge is -2.11. The van der Waals surface area contributed by atoms with Gasteiger partial charge in [-0.15, -0.1) is 0 Å². The van der Waals surface area contributed by atoms with Crippen LogP contribution >= 0.6 is 15.9 Å². The van der Waals surface area contributed by atoms with Crippen LogP contribution in [0.25, 0.3) is 0 Å². The second-order valence-electron chi connectivity index (χ2n) is 4.40. The SMILES string of the molecule is CCCNc1ncc(Br)c(Nc2ccc(F)cc2C)n1. The molecule has 2 rings (SSSR count). The molecule has 0 saturated heterocycles. The first-order valence-corrected chi connectivity index (χ1v) is 7.19. The molecule has 0 aliphatic rings. The first-order valence-electron chi connectivity index (χ1n) is 6.39. The summed E-state index contributed by atoms with van der Waals surface area (Å²) in [5, 5.41) is 6.31. The molecule has 2 aromatic rings. The van der Waals surface area contributed by atoms with Crippen LogP contribution in [0.4, 0.5) is 21.8 Å². The number of aryl methyl sites for hydroxylation is 1. The quantitative estimate of drug-likeness (QED) is 0.855. The Balaban J connectivity index is 2.23. The van der Waals surface area contributed by atoms with Gasteiger partial charge in [0.1, 0.15) is 11.6 Å². The molecule has 106 valence electrons. The van der Waals surface area contributed by atoms with Crippen LogP contribution in [0.1, 0.15) is 18.9 Å². The monoisotopic (exact) mass is 338 g/mol. The number of hydrogen-bond acceptors (Lipinski definition) is 4. The summed E-state index contributed by atoms with van der Waals surface area (Å²) >= 11 is 3.41. The van der Waals surface area contributed by atoms with Crippen molar-refractivity contribution in [3.05, 3.63) is 40.2 Å². The minimum Gasteiger partial charge on any atom is -0.354 e. The molecule has 4 nitrogen and oxygen atoms in total. The van der Waals surface area contributed by atoms with Crippen LogP contribution in [0, 0.1) is 12.7 Å². The van der Waals surface area contributed by atoms with Crippen LogP contribution in [0.2, 0.25) is 0 Å². The van der Waals surface area contributed by atoms with Crippen molar-refractivity contribution in [1.29, 1.82) is 0 Å². The number of hydrogen-bond donors (Lipinski definition) is 2. The largest absolute Gasteiger partial charge is 0.354 e. The molecule has 20 heavy (non-hydrogen) atoms. The molecule has 0 saturated carbocycles. The van der Waals surface area contributed by atoms with Gasteiger partial charge in [-0.3, -0.25) is 0 Å². The Labute approximate surface area is 126 Å². The molecule has 0 atom stereocenters. The molecule has 0 radical (unpaired) electrons. The van der Waals surface area contributed by atoms with Gasteiger partial charge in [0.2, 0.25) is 5.95 Å². The Morgan fingerprint density at radius 2 is 2.15 bits per heavy atom. The molecular formula is C14H16BrFN4. The predicted molar refractivity (Wildman–Crippen MR) is 82.9 cm³/mol. The summed E-state index contributed by atoms with van der Waals surface area (Å²) in [6, 6.07) is 4.59. The second kappa shape index (κ2) is 6.65. The van der Waals surface area contributed by atoms with E-state index >= 15 is 0 Å². The highest BCUT2D eigenvalue weighted by molar-refractivity contribution is 9.10. The van der Waals surface area contributed by atoms with Gasteiger partial charge in [0.05, 0.1) is 4.47 Å². The van der Waals surface area contributed by atoms with Crippen LogP contribution in [-0.2, 0) is 0 Å². The Morgan fingerprint density at radius 1 is 1.35 bits per heavy atom. The smallest absolute Gasteiger partial charge is 0.224 e. The van der Waals surface area contributed by atoms with Gasteiger partial charge in [-0.1, -0.05) is 6.92 Å². The average Bonchev–Trinajstić information content (AvgIpc) is 2.42. The first kappa shape index (κ1) is 14.7. The Hall–Kier alpha value is -1.69. The first-order chi connectivity index (χ1) is 9.60.